The minimum Gasteiger partial charge on any atom is -0.460 e. The van der Waals surface area contributed by atoms with E-state index in [1.807, 2.05) is 29.2 Å². The van der Waals surface area contributed by atoms with E-state index in [-0.39, 0.29) is 23.8 Å². The van der Waals surface area contributed by atoms with Gasteiger partial charge in [-0.25, -0.2) is 0 Å². The fraction of sp³-hybridized carbons (Fsp3) is 0.625. The van der Waals surface area contributed by atoms with Crippen LogP contribution in [-0.2, 0) is 6.42 Å². The summed E-state index contributed by atoms with van der Waals surface area (Å²) in [7, 11) is 2.17. The Morgan fingerprint density at radius 1 is 1.21 bits per heavy atom. The SMILES string of the molecule is CCCCc1oc2ccccc2c1C(=O)N1CCC2(CCN(C)CC2)C(CO)C1. The molecule has 2 aromatic rings. The Labute approximate surface area is 173 Å². The minimum absolute atomic E-state index is 0.0716. The van der Waals surface area contributed by atoms with E-state index in [4.69, 9.17) is 4.42 Å². The maximum Gasteiger partial charge on any atom is 0.258 e. The fourth-order valence-corrected chi connectivity index (χ4v) is 5.27. The third-order valence-corrected chi connectivity index (χ3v) is 7.32. The largest absolute Gasteiger partial charge is 0.460 e. The molecule has 3 heterocycles. The molecule has 2 saturated heterocycles. The molecule has 158 valence electrons. The normalized spacial score (nSPS) is 22.4. The van der Waals surface area contributed by atoms with E-state index in [0.717, 1.165) is 80.5 Å². The number of aryl methyl sites for hydroxylation is 1. The maximum atomic E-state index is 13.6. The van der Waals surface area contributed by atoms with Crippen molar-refractivity contribution in [3.05, 3.63) is 35.6 Å². The molecule has 2 fully saturated rings. The molecule has 5 heteroatoms. The second kappa shape index (κ2) is 8.49. The lowest BCUT2D eigenvalue weighted by Gasteiger charge is -2.51. The summed E-state index contributed by atoms with van der Waals surface area (Å²) in [5.41, 5.74) is 1.72. The highest BCUT2D eigenvalue weighted by Crippen LogP contribution is 2.45. The van der Waals surface area contributed by atoms with Gasteiger partial charge in [-0.2, -0.15) is 0 Å². The van der Waals surface area contributed by atoms with E-state index in [0.29, 0.717) is 6.54 Å². The van der Waals surface area contributed by atoms with Crippen LogP contribution in [0.5, 0.6) is 0 Å². The first-order chi connectivity index (χ1) is 14.1. The van der Waals surface area contributed by atoms with Gasteiger partial charge in [-0.05, 0) is 57.3 Å². The van der Waals surface area contributed by atoms with Crippen molar-refractivity contribution in [3.8, 4) is 0 Å². The molecule has 1 aromatic carbocycles. The van der Waals surface area contributed by atoms with Crippen LogP contribution in [0.4, 0.5) is 0 Å². The molecule has 1 amide bonds. The molecule has 1 N–H and O–H groups in total. The molecular formula is C24H34N2O3. The average molecular weight is 399 g/mol. The van der Waals surface area contributed by atoms with E-state index in [1.54, 1.807) is 0 Å². The predicted octanol–water partition coefficient (Wildman–Crippen LogP) is 3.94. The predicted molar refractivity (Wildman–Crippen MR) is 115 cm³/mol. The summed E-state index contributed by atoms with van der Waals surface area (Å²) < 4.78 is 6.09. The maximum absolute atomic E-state index is 13.6. The molecule has 4 rings (SSSR count). The van der Waals surface area contributed by atoms with Crippen LogP contribution in [-0.4, -0.2) is 60.6 Å². The van der Waals surface area contributed by atoms with Crippen molar-refractivity contribution in [1.82, 2.24) is 9.80 Å². The molecule has 0 saturated carbocycles. The van der Waals surface area contributed by atoms with Gasteiger partial charge in [-0.15, -0.1) is 0 Å². The summed E-state index contributed by atoms with van der Waals surface area (Å²) in [5.74, 6) is 1.05. The molecule has 2 aliphatic rings. The van der Waals surface area contributed by atoms with Crippen molar-refractivity contribution in [1.29, 1.82) is 0 Å². The van der Waals surface area contributed by atoms with Gasteiger partial charge in [0.2, 0.25) is 0 Å². The highest BCUT2D eigenvalue weighted by Gasteiger charge is 2.45. The number of aliphatic hydroxyl groups is 1. The molecule has 0 radical (unpaired) electrons. The zero-order chi connectivity index (χ0) is 20.4. The first-order valence-electron chi connectivity index (χ1n) is 11.2. The molecule has 2 aliphatic heterocycles. The number of likely N-dealkylation sites (tertiary alicyclic amines) is 2. The second-order valence-corrected chi connectivity index (χ2v) is 9.05. The molecule has 0 aliphatic carbocycles. The quantitative estimate of drug-likeness (QED) is 0.829. The third-order valence-electron chi connectivity index (χ3n) is 7.32. The van der Waals surface area contributed by atoms with Crippen molar-refractivity contribution in [2.45, 2.75) is 45.4 Å². The van der Waals surface area contributed by atoms with Crippen molar-refractivity contribution in [2.24, 2.45) is 11.3 Å². The standard InChI is InChI=1S/C24H34N2O3/c1-3-4-8-21-22(19-7-5-6-9-20(19)29-21)23(28)26-15-12-24(18(16-26)17-27)10-13-25(2)14-11-24/h5-7,9,18,27H,3-4,8,10-17H2,1-2H3. The molecule has 1 aromatic heterocycles. The zero-order valence-electron chi connectivity index (χ0n) is 17.8. The molecule has 5 nitrogen and oxygen atoms in total. The Kier molecular flexibility index (Phi) is 5.98. The smallest absolute Gasteiger partial charge is 0.258 e. The van der Waals surface area contributed by atoms with Gasteiger partial charge in [0.1, 0.15) is 11.3 Å². The van der Waals surface area contributed by atoms with Gasteiger partial charge in [0.05, 0.1) is 5.56 Å². The van der Waals surface area contributed by atoms with Gasteiger partial charge < -0.3 is 19.3 Å². The fourth-order valence-electron chi connectivity index (χ4n) is 5.27. The van der Waals surface area contributed by atoms with Crippen LogP contribution in [0.1, 0.15) is 55.1 Å². The number of hydrogen-bond acceptors (Lipinski definition) is 4. The van der Waals surface area contributed by atoms with Gasteiger partial charge in [0.15, 0.2) is 0 Å². The van der Waals surface area contributed by atoms with Crippen LogP contribution < -0.4 is 0 Å². The van der Waals surface area contributed by atoms with E-state index < -0.39 is 0 Å². The van der Waals surface area contributed by atoms with Gasteiger partial charge in [0.25, 0.3) is 5.91 Å². The third kappa shape index (κ3) is 3.82. The van der Waals surface area contributed by atoms with Crippen LogP contribution >= 0.6 is 0 Å². The van der Waals surface area contributed by atoms with E-state index >= 15 is 0 Å². The number of hydrogen-bond donors (Lipinski definition) is 1. The highest BCUT2D eigenvalue weighted by molar-refractivity contribution is 6.07. The van der Waals surface area contributed by atoms with E-state index in [9.17, 15) is 9.90 Å². The van der Waals surface area contributed by atoms with Crippen LogP contribution in [0, 0.1) is 11.3 Å². The summed E-state index contributed by atoms with van der Waals surface area (Å²) in [6.45, 7) is 5.89. The number of rotatable bonds is 5. The van der Waals surface area contributed by atoms with Gasteiger partial charge in [0, 0.05) is 37.4 Å². The van der Waals surface area contributed by atoms with E-state index in [2.05, 4.69) is 18.9 Å². The number of unbranched alkanes of at least 4 members (excludes halogenated alkanes) is 1. The number of furan rings is 1. The lowest BCUT2D eigenvalue weighted by molar-refractivity contribution is -0.0313. The molecule has 1 spiro atoms. The molecule has 1 unspecified atom stereocenters. The lowest BCUT2D eigenvalue weighted by Crippen LogP contribution is -2.54. The Hall–Kier alpha value is -1.85. The first-order valence-corrected chi connectivity index (χ1v) is 11.2. The van der Waals surface area contributed by atoms with Crippen molar-refractivity contribution >= 4 is 16.9 Å². The lowest BCUT2D eigenvalue weighted by atomic mass is 9.64. The Morgan fingerprint density at radius 2 is 1.93 bits per heavy atom. The van der Waals surface area contributed by atoms with Crippen molar-refractivity contribution < 1.29 is 14.3 Å². The highest BCUT2D eigenvalue weighted by atomic mass is 16.3. The second-order valence-electron chi connectivity index (χ2n) is 9.05. The van der Waals surface area contributed by atoms with Crippen LogP contribution in [0.2, 0.25) is 0 Å². The zero-order valence-corrected chi connectivity index (χ0v) is 17.8. The number of carbonyl (C=O) groups excluding carboxylic acids is 1. The summed E-state index contributed by atoms with van der Waals surface area (Å²) in [4.78, 5) is 18.0. The average Bonchev–Trinajstić information content (AvgIpc) is 3.12. The van der Waals surface area contributed by atoms with Crippen LogP contribution in [0.25, 0.3) is 11.0 Å². The molecule has 1 atom stereocenters. The Balaban J connectivity index is 1.59. The Morgan fingerprint density at radius 3 is 2.66 bits per heavy atom. The van der Waals surface area contributed by atoms with Crippen LogP contribution in [0.3, 0.4) is 0 Å². The van der Waals surface area contributed by atoms with E-state index in [1.165, 1.54) is 0 Å². The molecule has 0 bridgehead atoms. The number of nitrogens with zero attached hydrogens (tertiary/aromatic N) is 2. The van der Waals surface area contributed by atoms with Crippen molar-refractivity contribution in [2.75, 3.05) is 39.8 Å². The number of aliphatic hydroxyl groups excluding tert-OH is 1. The van der Waals surface area contributed by atoms with Crippen LogP contribution in [0.15, 0.2) is 28.7 Å². The van der Waals surface area contributed by atoms with Gasteiger partial charge >= 0.3 is 0 Å². The van der Waals surface area contributed by atoms with Gasteiger partial charge in [-0.1, -0.05) is 31.5 Å². The summed E-state index contributed by atoms with van der Waals surface area (Å²) in [6.07, 6.45) is 6.09. The van der Waals surface area contributed by atoms with Crippen molar-refractivity contribution in [3.63, 3.8) is 0 Å². The minimum atomic E-state index is 0.0716. The number of piperidine rings is 2. The summed E-state index contributed by atoms with van der Waals surface area (Å²) in [5, 5.41) is 11.1. The first kappa shape index (κ1) is 20.4. The number of fused-ring (bicyclic) bond motifs is 1. The van der Waals surface area contributed by atoms with Gasteiger partial charge in [-0.3, -0.25) is 4.79 Å². The number of amides is 1. The summed E-state index contributed by atoms with van der Waals surface area (Å²) in [6, 6.07) is 7.87. The number of para-hydroxylation sites is 1. The number of benzene rings is 1. The monoisotopic (exact) mass is 398 g/mol. The number of carbonyl (C=O) groups is 1. The summed E-state index contributed by atoms with van der Waals surface area (Å²) >= 11 is 0. The Bertz CT molecular complexity index is 851. The molecule has 29 heavy (non-hydrogen) atoms. The topological polar surface area (TPSA) is 56.9 Å². The molecular weight excluding hydrogens is 364 g/mol.